The summed E-state index contributed by atoms with van der Waals surface area (Å²) in [5.74, 6) is 0. The summed E-state index contributed by atoms with van der Waals surface area (Å²) in [6.07, 6.45) is 0. The van der Waals surface area contributed by atoms with Gasteiger partial charge in [-0.25, -0.2) is 0 Å². The number of nitrogens with one attached hydrogen (secondary N) is 1. The first kappa shape index (κ1) is 9.10. The van der Waals surface area contributed by atoms with Gasteiger partial charge in [0.1, 0.15) is 0 Å². The van der Waals surface area contributed by atoms with Crippen LogP contribution in [0.2, 0.25) is 0 Å². The second-order valence-electron chi connectivity index (χ2n) is 3.65. The monoisotopic (exact) mass is 193 g/mol. The van der Waals surface area contributed by atoms with Crippen LogP contribution in [-0.4, -0.2) is 11.8 Å². The van der Waals surface area contributed by atoms with Gasteiger partial charge >= 0.3 is 0 Å². The Kier molecular flexibility index (Phi) is 2.61. The van der Waals surface area contributed by atoms with E-state index >= 15 is 0 Å². The van der Waals surface area contributed by atoms with Crippen molar-refractivity contribution >= 4 is 11.8 Å². The van der Waals surface area contributed by atoms with E-state index in [1.165, 1.54) is 11.1 Å². The first-order chi connectivity index (χ1) is 6.25. The molecule has 0 aliphatic carbocycles. The maximum Gasteiger partial charge on any atom is 0.0793 e. The normalized spacial score (nSPS) is 27.8. The van der Waals surface area contributed by atoms with Crippen molar-refractivity contribution in [1.82, 2.24) is 5.32 Å². The second kappa shape index (κ2) is 3.72. The van der Waals surface area contributed by atoms with Gasteiger partial charge in [-0.15, -0.1) is 11.8 Å². The fourth-order valence-corrected chi connectivity index (χ4v) is 2.78. The molecule has 2 rings (SSSR count). The third-order valence-corrected chi connectivity index (χ3v) is 3.65. The van der Waals surface area contributed by atoms with E-state index < -0.39 is 0 Å². The summed E-state index contributed by atoms with van der Waals surface area (Å²) >= 11 is 2.02. The topological polar surface area (TPSA) is 12.0 Å². The van der Waals surface area contributed by atoms with Gasteiger partial charge in [0.25, 0.3) is 0 Å². The molecular weight excluding hydrogens is 178 g/mol. The van der Waals surface area contributed by atoms with Crippen molar-refractivity contribution in [3.8, 4) is 0 Å². The van der Waals surface area contributed by atoms with Crippen LogP contribution in [0.1, 0.15) is 23.4 Å². The van der Waals surface area contributed by atoms with E-state index in [1.807, 2.05) is 11.8 Å². The van der Waals surface area contributed by atoms with Crippen molar-refractivity contribution < 1.29 is 0 Å². The van der Waals surface area contributed by atoms with Gasteiger partial charge in [-0.3, -0.25) is 0 Å². The molecule has 1 aliphatic rings. The summed E-state index contributed by atoms with van der Waals surface area (Å²) in [5, 5.41) is 4.76. The van der Waals surface area contributed by atoms with E-state index in [2.05, 4.69) is 43.4 Å². The number of hydrogen-bond donors (Lipinski definition) is 1. The molecule has 13 heavy (non-hydrogen) atoms. The van der Waals surface area contributed by atoms with Gasteiger partial charge in [0.05, 0.1) is 5.37 Å². The van der Waals surface area contributed by atoms with E-state index in [-0.39, 0.29) is 0 Å². The van der Waals surface area contributed by atoms with Crippen LogP contribution in [0.25, 0.3) is 0 Å². The first-order valence-corrected chi connectivity index (χ1v) is 5.65. The maximum atomic E-state index is 3.51. The van der Waals surface area contributed by atoms with Gasteiger partial charge in [-0.2, -0.15) is 0 Å². The molecule has 1 aromatic rings. The minimum absolute atomic E-state index is 0.509. The standard InChI is InChI=1S/C11H15NS/c1-8-4-3-5-10(6-8)11-12-7-9(2)13-11/h3-6,9,11-12H,7H2,1-2H3. The number of rotatable bonds is 1. The predicted molar refractivity (Wildman–Crippen MR) is 59.0 cm³/mol. The van der Waals surface area contributed by atoms with Crippen molar-refractivity contribution in [3.05, 3.63) is 35.4 Å². The lowest BCUT2D eigenvalue weighted by Crippen LogP contribution is -2.13. The zero-order valence-electron chi connectivity index (χ0n) is 8.08. The van der Waals surface area contributed by atoms with Gasteiger partial charge in [-0.05, 0) is 12.5 Å². The minimum atomic E-state index is 0.509. The van der Waals surface area contributed by atoms with Crippen LogP contribution < -0.4 is 5.32 Å². The molecule has 0 amide bonds. The Morgan fingerprint density at radius 1 is 1.46 bits per heavy atom. The van der Waals surface area contributed by atoms with E-state index in [0.29, 0.717) is 5.37 Å². The largest absolute Gasteiger partial charge is 0.301 e. The minimum Gasteiger partial charge on any atom is -0.301 e. The molecule has 1 aromatic carbocycles. The van der Waals surface area contributed by atoms with Crippen LogP contribution in [0, 0.1) is 6.92 Å². The van der Waals surface area contributed by atoms with Crippen LogP contribution in [-0.2, 0) is 0 Å². The summed E-state index contributed by atoms with van der Waals surface area (Å²) in [4.78, 5) is 0. The van der Waals surface area contributed by atoms with Gasteiger partial charge in [0.2, 0.25) is 0 Å². The van der Waals surface area contributed by atoms with Gasteiger partial charge in [0.15, 0.2) is 0 Å². The van der Waals surface area contributed by atoms with Crippen molar-refractivity contribution in [2.75, 3.05) is 6.54 Å². The lowest BCUT2D eigenvalue weighted by molar-refractivity contribution is 0.717. The number of thioether (sulfide) groups is 1. The molecule has 0 spiro atoms. The van der Waals surface area contributed by atoms with Gasteiger partial charge < -0.3 is 5.32 Å². The highest BCUT2D eigenvalue weighted by Gasteiger charge is 2.22. The third-order valence-electron chi connectivity index (χ3n) is 2.30. The smallest absolute Gasteiger partial charge is 0.0793 e. The van der Waals surface area contributed by atoms with Crippen LogP contribution in [0.5, 0.6) is 0 Å². The van der Waals surface area contributed by atoms with E-state index in [4.69, 9.17) is 0 Å². The molecule has 2 atom stereocenters. The molecular formula is C11H15NS. The highest BCUT2D eigenvalue weighted by Crippen LogP contribution is 2.34. The highest BCUT2D eigenvalue weighted by atomic mass is 32.2. The molecule has 70 valence electrons. The Labute approximate surface area is 83.9 Å². The van der Waals surface area contributed by atoms with E-state index in [1.54, 1.807) is 0 Å². The molecule has 1 saturated heterocycles. The molecule has 0 saturated carbocycles. The Morgan fingerprint density at radius 2 is 2.31 bits per heavy atom. The summed E-state index contributed by atoms with van der Waals surface area (Å²) in [5.41, 5.74) is 2.76. The van der Waals surface area contributed by atoms with Crippen LogP contribution in [0.3, 0.4) is 0 Å². The zero-order valence-corrected chi connectivity index (χ0v) is 8.90. The summed E-state index contributed by atoms with van der Waals surface area (Å²) in [7, 11) is 0. The van der Waals surface area contributed by atoms with Gasteiger partial charge in [-0.1, -0.05) is 36.8 Å². The Balaban J connectivity index is 2.16. The number of benzene rings is 1. The van der Waals surface area contributed by atoms with Crippen LogP contribution in [0.15, 0.2) is 24.3 Å². The van der Waals surface area contributed by atoms with Crippen LogP contribution in [0.4, 0.5) is 0 Å². The Bertz CT molecular complexity index is 298. The molecule has 0 bridgehead atoms. The molecule has 1 heterocycles. The fraction of sp³-hybridized carbons (Fsp3) is 0.455. The highest BCUT2D eigenvalue weighted by molar-refractivity contribution is 8.00. The average molecular weight is 193 g/mol. The third kappa shape index (κ3) is 2.06. The SMILES string of the molecule is Cc1cccc(C2NCC(C)S2)c1. The lowest BCUT2D eigenvalue weighted by atomic mass is 10.1. The lowest BCUT2D eigenvalue weighted by Gasteiger charge is -2.10. The van der Waals surface area contributed by atoms with E-state index in [9.17, 15) is 0 Å². The van der Waals surface area contributed by atoms with Gasteiger partial charge in [0, 0.05) is 11.8 Å². The first-order valence-electron chi connectivity index (χ1n) is 4.71. The quantitative estimate of drug-likeness (QED) is 0.736. The molecule has 1 aliphatic heterocycles. The second-order valence-corrected chi connectivity index (χ2v) is 5.20. The molecule has 2 heteroatoms. The Morgan fingerprint density at radius 3 is 2.92 bits per heavy atom. The molecule has 1 nitrogen and oxygen atoms in total. The zero-order chi connectivity index (χ0) is 9.26. The van der Waals surface area contributed by atoms with Crippen molar-refractivity contribution in [2.24, 2.45) is 0 Å². The summed E-state index contributed by atoms with van der Waals surface area (Å²) in [6.45, 7) is 5.54. The van der Waals surface area contributed by atoms with Crippen LogP contribution >= 0.6 is 11.8 Å². The number of hydrogen-bond acceptors (Lipinski definition) is 2. The van der Waals surface area contributed by atoms with Crippen molar-refractivity contribution in [3.63, 3.8) is 0 Å². The summed E-state index contributed by atoms with van der Waals surface area (Å²) in [6, 6.07) is 8.75. The van der Waals surface area contributed by atoms with Crippen molar-refractivity contribution in [2.45, 2.75) is 24.5 Å². The molecule has 1 N–H and O–H groups in total. The predicted octanol–water partition coefficient (Wildman–Crippen LogP) is 2.72. The molecule has 0 radical (unpaired) electrons. The molecule has 1 fully saturated rings. The average Bonchev–Trinajstić information content (AvgIpc) is 2.52. The number of aryl methyl sites for hydroxylation is 1. The maximum absolute atomic E-state index is 3.51. The summed E-state index contributed by atoms with van der Waals surface area (Å²) < 4.78 is 0. The molecule has 0 aromatic heterocycles. The Hall–Kier alpha value is -0.470. The van der Waals surface area contributed by atoms with Crippen molar-refractivity contribution in [1.29, 1.82) is 0 Å². The molecule has 2 unspecified atom stereocenters. The van der Waals surface area contributed by atoms with E-state index in [0.717, 1.165) is 11.8 Å². The fourth-order valence-electron chi connectivity index (χ4n) is 1.63.